The molecular weight excluding hydrogens is 212 g/mol. The maximum Gasteiger partial charge on any atom is 0.240 e. The molecule has 0 bridgehead atoms. The summed E-state index contributed by atoms with van der Waals surface area (Å²) in [5.74, 6) is -0.0226. The van der Waals surface area contributed by atoms with Crippen molar-refractivity contribution in [2.45, 2.75) is 58.3 Å². The highest BCUT2D eigenvalue weighted by molar-refractivity contribution is 5.85. The monoisotopic (exact) mass is 234 g/mol. The maximum absolute atomic E-state index is 12.2. The number of rotatable bonds is 3. The first-order valence-corrected chi connectivity index (χ1v) is 6.80. The molecule has 0 saturated heterocycles. The number of nitrogens with zero attached hydrogens (tertiary/aromatic N) is 1. The molecular formula is C14H22N2O. The zero-order valence-corrected chi connectivity index (χ0v) is 10.7. The summed E-state index contributed by atoms with van der Waals surface area (Å²) in [5.41, 5.74) is -0.445. The van der Waals surface area contributed by atoms with E-state index in [2.05, 4.69) is 18.3 Å². The lowest BCUT2D eigenvalue weighted by Gasteiger charge is -2.26. The van der Waals surface area contributed by atoms with Gasteiger partial charge in [-0.25, -0.2) is 0 Å². The van der Waals surface area contributed by atoms with Gasteiger partial charge >= 0.3 is 0 Å². The van der Waals surface area contributed by atoms with Gasteiger partial charge in [-0.1, -0.05) is 32.6 Å². The second-order valence-electron chi connectivity index (χ2n) is 6.10. The highest BCUT2D eigenvalue weighted by Crippen LogP contribution is 2.39. The van der Waals surface area contributed by atoms with Crippen LogP contribution >= 0.6 is 0 Å². The average molecular weight is 234 g/mol. The molecule has 1 amide bonds. The lowest BCUT2D eigenvalue weighted by molar-refractivity contribution is -0.128. The third-order valence-corrected chi connectivity index (χ3v) is 4.59. The molecule has 2 aliphatic carbocycles. The first-order chi connectivity index (χ1) is 8.10. The van der Waals surface area contributed by atoms with E-state index >= 15 is 0 Å². The van der Waals surface area contributed by atoms with Gasteiger partial charge in [0.15, 0.2) is 0 Å². The summed E-state index contributed by atoms with van der Waals surface area (Å²) in [6, 6.07) is 2.25. The molecule has 3 nitrogen and oxygen atoms in total. The molecule has 0 aliphatic heterocycles. The number of amides is 1. The number of carbonyl (C=O) groups excluding carboxylic acids is 1. The van der Waals surface area contributed by atoms with Crippen molar-refractivity contribution < 1.29 is 4.79 Å². The van der Waals surface area contributed by atoms with E-state index in [1.807, 2.05) is 0 Å². The van der Waals surface area contributed by atoms with E-state index < -0.39 is 5.41 Å². The third-order valence-electron chi connectivity index (χ3n) is 4.59. The van der Waals surface area contributed by atoms with E-state index in [9.17, 15) is 10.1 Å². The molecule has 0 aromatic carbocycles. The highest BCUT2D eigenvalue weighted by atomic mass is 16.2. The summed E-state index contributed by atoms with van der Waals surface area (Å²) < 4.78 is 0. The van der Waals surface area contributed by atoms with Crippen LogP contribution in [-0.4, -0.2) is 12.5 Å². The van der Waals surface area contributed by atoms with E-state index in [-0.39, 0.29) is 11.3 Å². The van der Waals surface area contributed by atoms with Crippen LogP contribution in [-0.2, 0) is 4.79 Å². The van der Waals surface area contributed by atoms with Gasteiger partial charge in [0.1, 0.15) is 5.41 Å². The molecule has 2 aliphatic rings. The van der Waals surface area contributed by atoms with Gasteiger partial charge < -0.3 is 5.32 Å². The molecule has 2 rings (SSSR count). The molecule has 1 N–H and O–H groups in total. The molecule has 0 spiro atoms. The topological polar surface area (TPSA) is 52.9 Å². The molecule has 0 aromatic heterocycles. The van der Waals surface area contributed by atoms with E-state index in [4.69, 9.17) is 0 Å². The van der Waals surface area contributed by atoms with Crippen LogP contribution in [0.15, 0.2) is 0 Å². The van der Waals surface area contributed by atoms with Gasteiger partial charge in [-0.2, -0.15) is 5.26 Å². The first-order valence-electron chi connectivity index (χ1n) is 6.80. The Labute approximate surface area is 104 Å². The van der Waals surface area contributed by atoms with Crippen LogP contribution < -0.4 is 5.32 Å². The minimum atomic E-state index is -0.713. The van der Waals surface area contributed by atoms with Crippen molar-refractivity contribution in [3.63, 3.8) is 0 Å². The van der Waals surface area contributed by atoms with Gasteiger partial charge in [-0.15, -0.1) is 0 Å². The van der Waals surface area contributed by atoms with Crippen molar-refractivity contribution in [3.05, 3.63) is 0 Å². The zero-order valence-electron chi connectivity index (χ0n) is 10.7. The Kier molecular flexibility index (Phi) is 3.42. The minimum Gasteiger partial charge on any atom is -0.354 e. The lowest BCUT2D eigenvalue weighted by Crippen LogP contribution is -2.42. The van der Waals surface area contributed by atoms with Crippen molar-refractivity contribution in [2.75, 3.05) is 6.54 Å². The molecule has 0 heterocycles. The molecule has 3 heteroatoms. The molecule has 0 atom stereocenters. The smallest absolute Gasteiger partial charge is 0.240 e. The Morgan fingerprint density at radius 3 is 2.24 bits per heavy atom. The van der Waals surface area contributed by atoms with Gasteiger partial charge in [0.2, 0.25) is 5.91 Å². The zero-order chi connectivity index (χ0) is 12.4. The molecule has 0 aromatic rings. The van der Waals surface area contributed by atoms with Crippen LogP contribution in [0.3, 0.4) is 0 Å². The second kappa shape index (κ2) is 4.68. The number of carbonyl (C=O) groups is 1. The van der Waals surface area contributed by atoms with Crippen LogP contribution in [0, 0.1) is 22.2 Å². The molecule has 2 fully saturated rings. The largest absolute Gasteiger partial charge is 0.354 e. The van der Waals surface area contributed by atoms with Crippen molar-refractivity contribution in [1.29, 1.82) is 5.26 Å². The molecule has 0 radical (unpaired) electrons. The van der Waals surface area contributed by atoms with Gasteiger partial charge in [0.05, 0.1) is 6.07 Å². The SMILES string of the molecule is CC1(CNC(=O)C2(C#N)CCCC2)CCCC1. The summed E-state index contributed by atoms with van der Waals surface area (Å²) >= 11 is 0. The Morgan fingerprint density at radius 1 is 1.18 bits per heavy atom. The van der Waals surface area contributed by atoms with Crippen molar-refractivity contribution in [2.24, 2.45) is 10.8 Å². The fraction of sp³-hybridized carbons (Fsp3) is 0.857. The minimum absolute atomic E-state index is 0.0226. The van der Waals surface area contributed by atoms with Crippen LogP contribution in [0.1, 0.15) is 58.3 Å². The predicted octanol–water partition coefficient (Wildman–Crippen LogP) is 2.77. The van der Waals surface area contributed by atoms with E-state index in [0.29, 0.717) is 0 Å². The quantitative estimate of drug-likeness (QED) is 0.816. The van der Waals surface area contributed by atoms with Crippen LogP contribution in [0.25, 0.3) is 0 Å². The van der Waals surface area contributed by atoms with Gasteiger partial charge in [-0.05, 0) is 31.1 Å². The number of hydrogen-bond acceptors (Lipinski definition) is 2. The van der Waals surface area contributed by atoms with Crippen molar-refractivity contribution >= 4 is 5.91 Å². The van der Waals surface area contributed by atoms with Gasteiger partial charge in [0, 0.05) is 6.54 Å². The fourth-order valence-corrected chi connectivity index (χ4v) is 3.24. The first kappa shape index (κ1) is 12.4. The molecule has 2 saturated carbocycles. The third kappa shape index (κ3) is 2.46. The summed E-state index contributed by atoms with van der Waals surface area (Å²) in [7, 11) is 0. The molecule has 0 unspecified atom stereocenters. The summed E-state index contributed by atoms with van der Waals surface area (Å²) in [4.78, 5) is 12.2. The van der Waals surface area contributed by atoms with Crippen LogP contribution in [0.2, 0.25) is 0 Å². The van der Waals surface area contributed by atoms with Crippen molar-refractivity contribution in [1.82, 2.24) is 5.32 Å². The predicted molar refractivity (Wildman–Crippen MR) is 66.1 cm³/mol. The highest BCUT2D eigenvalue weighted by Gasteiger charge is 2.42. The van der Waals surface area contributed by atoms with Gasteiger partial charge in [0.25, 0.3) is 0 Å². The molecule has 17 heavy (non-hydrogen) atoms. The summed E-state index contributed by atoms with van der Waals surface area (Å²) in [6.45, 7) is 2.99. The van der Waals surface area contributed by atoms with Gasteiger partial charge in [-0.3, -0.25) is 4.79 Å². The second-order valence-corrected chi connectivity index (χ2v) is 6.10. The van der Waals surface area contributed by atoms with E-state index in [1.165, 1.54) is 25.7 Å². The standard InChI is InChI=1S/C14H22N2O/c1-13(6-2-3-7-13)11-16-12(17)14(10-15)8-4-5-9-14/h2-9,11H2,1H3,(H,16,17). The Balaban J connectivity index is 1.91. The maximum atomic E-state index is 12.2. The number of nitriles is 1. The lowest BCUT2D eigenvalue weighted by atomic mass is 9.85. The average Bonchev–Trinajstić information content (AvgIpc) is 2.96. The summed E-state index contributed by atoms with van der Waals surface area (Å²) in [5, 5.41) is 12.3. The van der Waals surface area contributed by atoms with E-state index in [0.717, 1.165) is 32.2 Å². The molecule has 94 valence electrons. The fourth-order valence-electron chi connectivity index (χ4n) is 3.24. The van der Waals surface area contributed by atoms with Crippen LogP contribution in [0.5, 0.6) is 0 Å². The number of nitrogens with one attached hydrogen (secondary N) is 1. The van der Waals surface area contributed by atoms with E-state index in [1.54, 1.807) is 0 Å². The van der Waals surface area contributed by atoms with Crippen LogP contribution in [0.4, 0.5) is 0 Å². The normalized spacial score (nSPS) is 25.4. The summed E-state index contributed by atoms with van der Waals surface area (Å²) in [6.07, 6.45) is 8.46. The number of hydrogen-bond donors (Lipinski definition) is 1. The Morgan fingerprint density at radius 2 is 1.71 bits per heavy atom. The van der Waals surface area contributed by atoms with Crippen molar-refractivity contribution in [3.8, 4) is 6.07 Å². The Bertz CT molecular complexity index is 331. The Hall–Kier alpha value is -1.04.